The number of rotatable bonds is 1. The van der Waals surface area contributed by atoms with E-state index in [-0.39, 0.29) is 30.4 Å². The van der Waals surface area contributed by atoms with Gasteiger partial charge in [-0.2, -0.15) is 0 Å². The number of nitrogens with one attached hydrogen (secondary N) is 1. The van der Waals surface area contributed by atoms with E-state index in [9.17, 15) is 9.59 Å². The van der Waals surface area contributed by atoms with E-state index in [4.69, 9.17) is 4.74 Å². The molecule has 2 amide bonds. The first kappa shape index (κ1) is 10.4. The van der Waals surface area contributed by atoms with E-state index in [1.807, 2.05) is 6.92 Å². The number of carbonyl (C=O) groups excluding carboxylic acids is 2. The minimum absolute atomic E-state index is 0.0115. The van der Waals surface area contributed by atoms with E-state index in [2.05, 4.69) is 5.32 Å². The van der Waals surface area contributed by atoms with Gasteiger partial charge >= 0.3 is 0 Å². The molecule has 2 aliphatic heterocycles. The SMILES string of the molecule is CC1(N2CC(=O)NCC2=O)CCCOC1. The molecule has 0 aromatic heterocycles. The molecule has 2 aliphatic rings. The molecule has 84 valence electrons. The van der Waals surface area contributed by atoms with Crippen molar-refractivity contribution in [2.24, 2.45) is 0 Å². The molecule has 2 fully saturated rings. The Morgan fingerprint density at radius 2 is 2.27 bits per heavy atom. The van der Waals surface area contributed by atoms with Crippen LogP contribution in [0.5, 0.6) is 0 Å². The van der Waals surface area contributed by atoms with E-state index >= 15 is 0 Å². The lowest BCUT2D eigenvalue weighted by atomic mass is 9.92. The second kappa shape index (κ2) is 3.81. The van der Waals surface area contributed by atoms with Crippen molar-refractivity contribution in [2.45, 2.75) is 25.3 Å². The van der Waals surface area contributed by atoms with Crippen LogP contribution in [0.25, 0.3) is 0 Å². The zero-order chi connectivity index (χ0) is 10.9. The number of amides is 2. The molecule has 0 aromatic carbocycles. The molecule has 2 heterocycles. The molecule has 2 saturated heterocycles. The highest BCUT2D eigenvalue weighted by molar-refractivity contribution is 5.92. The molecule has 5 heteroatoms. The zero-order valence-corrected chi connectivity index (χ0v) is 8.91. The fraction of sp³-hybridized carbons (Fsp3) is 0.800. The van der Waals surface area contributed by atoms with Gasteiger partial charge in [0.2, 0.25) is 11.8 Å². The summed E-state index contributed by atoms with van der Waals surface area (Å²) in [6, 6.07) is 0. The molecular weight excluding hydrogens is 196 g/mol. The van der Waals surface area contributed by atoms with Crippen molar-refractivity contribution in [1.82, 2.24) is 10.2 Å². The maximum Gasteiger partial charge on any atom is 0.242 e. The van der Waals surface area contributed by atoms with Gasteiger partial charge in [0.05, 0.1) is 18.7 Å². The topological polar surface area (TPSA) is 58.6 Å². The molecule has 1 atom stereocenters. The Hall–Kier alpha value is -1.10. The standard InChI is InChI=1S/C10H16N2O3/c1-10(3-2-4-15-7-10)12-6-8(13)11-5-9(12)14/h2-7H2,1H3,(H,11,13). The third kappa shape index (κ3) is 1.97. The van der Waals surface area contributed by atoms with Crippen molar-refractivity contribution in [1.29, 1.82) is 0 Å². The lowest BCUT2D eigenvalue weighted by molar-refractivity contribution is -0.151. The van der Waals surface area contributed by atoms with Gasteiger partial charge in [-0.1, -0.05) is 0 Å². The summed E-state index contributed by atoms with van der Waals surface area (Å²) in [5.74, 6) is -0.0935. The Labute approximate surface area is 88.8 Å². The number of carbonyl (C=O) groups is 2. The maximum atomic E-state index is 11.7. The van der Waals surface area contributed by atoms with E-state index in [1.165, 1.54) is 0 Å². The van der Waals surface area contributed by atoms with Gasteiger partial charge in [0, 0.05) is 6.61 Å². The molecule has 1 N–H and O–H groups in total. The van der Waals surface area contributed by atoms with Crippen LogP contribution in [0.2, 0.25) is 0 Å². The van der Waals surface area contributed by atoms with Crippen LogP contribution in [0.15, 0.2) is 0 Å². The molecule has 0 spiro atoms. The lowest BCUT2D eigenvalue weighted by Gasteiger charge is -2.44. The van der Waals surface area contributed by atoms with E-state index < -0.39 is 0 Å². The smallest absolute Gasteiger partial charge is 0.242 e. The average Bonchev–Trinajstić information content (AvgIpc) is 2.23. The molecule has 0 radical (unpaired) electrons. The molecule has 0 aromatic rings. The first-order valence-electron chi connectivity index (χ1n) is 5.27. The van der Waals surface area contributed by atoms with Crippen LogP contribution in [-0.2, 0) is 14.3 Å². The summed E-state index contributed by atoms with van der Waals surface area (Å²) in [6.07, 6.45) is 1.86. The van der Waals surface area contributed by atoms with Gasteiger partial charge in [0.15, 0.2) is 0 Å². The summed E-state index contributed by atoms with van der Waals surface area (Å²) in [4.78, 5) is 24.6. The Balaban J connectivity index is 2.12. The summed E-state index contributed by atoms with van der Waals surface area (Å²) in [5.41, 5.74) is -0.299. The highest BCUT2D eigenvalue weighted by Crippen LogP contribution is 2.26. The van der Waals surface area contributed by atoms with Crippen LogP contribution in [0, 0.1) is 0 Å². The largest absolute Gasteiger partial charge is 0.379 e. The minimum atomic E-state index is -0.299. The number of nitrogens with zero attached hydrogens (tertiary/aromatic N) is 1. The summed E-state index contributed by atoms with van der Waals surface area (Å²) in [6.45, 7) is 3.56. The third-order valence-corrected chi connectivity index (χ3v) is 3.11. The van der Waals surface area contributed by atoms with Crippen molar-refractivity contribution in [3.8, 4) is 0 Å². The van der Waals surface area contributed by atoms with Crippen molar-refractivity contribution in [3.05, 3.63) is 0 Å². The van der Waals surface area contributed by atoms with Gasteiger partial charge in [-0.05, 0) is 19.8 Å². The Kier molecular flexibility index (Phi) is 2.65. The van der Waals surface area contributed by atoms with Crippen LogP contribution < -0.4 is 5.32 Å². The van der Waals surface area contributed by atoms with Gasteiger partial charge in [0.1, 0.15) is 6.54 Å². The van der Waals surface area contributed by atoms with Gasteiger partial charge in [-0.15, -0.1) is 0 Å². The monoisotopic (exact) mass is 212 g/mol. The van der Waals surface area contributed by atoms with Gasteiger partial charge < -0.3 is 15.0 Å². The predicted octanol–water partition coefficient (Wildman–Crippen LogP) is -0.486. The molecule has 2 rings (SSSR count). The fourth-order valence-corrected chi connectivity index (χ4v) is 2.18. The second-order valence-corrected chi connectivity index (χ2v) is 4.41. The van der Waals surface area contributed by atoms with E-state index in [1.54, 1.807) is 4.90 Å². The summed E-state index contributed by atoms with van der Waals surface area (Å²) < 4.78 is 5.40. The molecule has 1 unspecified atom stereocenters. The lowest BCUT2D eigenvalue weighted by Crippen LogP contribution is -2.62. The normalized spacial score (nSPS) is 32.7. The molecule has 5 nitrogen and oxygen atoms in total. The highest BCUT2D eigenvalue weighted by atomic mass is 16.5. The maximum absolute atomic E-state index is 11.7. The van der Waals surface area contributed by atoms with E-state index in [0.29, 0.717) is 6.61 Å². The van der Waals surface area contributed by atoms with Crippen LogP contribution >= 0.6 is 0 Å². The fourth-order valence-electron chi connectivity index (χ4n) is 2.18. The molecule has 0 saturated carbocycles. The summed E-state index contributed by atoms with van der Waals surface area (Å²) >= 11 is 0. The molecule has 0 aliphatic carbocycles. The summed E-state index contributed by atoms with van der Waals surface area (Å²) in [5, 5.41) is 2.55. The van der Waals surface area contributed by atoms with Gasteiger partial charge in [-0.3, -0.25) is 9.59 Å². The molecule has 0 bridgehead atoms. The van der Waals surface area contributed by atoms with Crippen LogP contribution in [0.1, 0.15) is 19.8 Å². The van der Waals surface area contributed by atoms with Crippen molar-refractivity contribution < 1.29 is 14.3 Å². The van der Waals surface area contributed by atoms with Crippen molar-refractivity contribution in [2.75, 3.05) is 26.3 Å². The first-order chi connectivity index (χ1) is 7.12. The summed E-state index contributed by atoms with van der Waals surface area (Å²) in [7, 11) is 0. The Bertz CT molecular complexity index is 284. The number of piperazine rings is 1. The number of hydrogen-bond acceptors (Lipinski definition) is 3. The molecular formula is C10H16N2O3. The van der Waals surface area contributed by atoms with E-state index in [0.717, 1.165) is 19.4 Å². The number of ether oxygens (including phenoxy) is 1. The number of hydrogen-bond donors (Lipinski definition) is 1. The second-order valence-electron chi connectivity index (χ2n) is 4.41. The average molecular weight is 212 g/mol. The highest BCUT2D eigenvalue weighted by Gasteiger charge is 2.39. The zero-order valence-electron chi connectivity index (χ0n) is 8.91. The van der Waals surface area contributed by atoms with Crippen molar-refractivity contribution in [3.63, 3.8) is 0 Å². The van der Waals surface area contributed by atoms with Gasteiger partial charge in [0.25, 0.3) is 0 Å². The van der Waals surface area contributed by atoms with Gasteiger partial charge in [-0.25, -0.2) is 0 Å². The van der Waals surface area contributed by atoms with Crippen LogP contribution in [-0.4, -0.2) is 48.6 Å². The molecule has 15 heavy (non-hydrogen) atoms. The van der Waals surface area contributed by atoms with Crippen LogP contribution in [0.3, 0.4) is 0 Å². The van der Waals surface area contributed by atoms with Crippen molar-refractivity contribution >= 4 is 11.8 Å². The van der Waals surface area contributed by atoms with Crippen LogP contribution in [0.4, 0.5) is 0 Å². The first-order valence-corrected chi connectivity index (χ1v) is 5.27. The Morgan fingerprint density at radius 3 is 2.93 bits per heavy atom. The third-order valence-electron chi connectivity index (χ3n) is 3.11. The predicted molar refractivity (Wildman–Crippen MR) is 53.2 cm³/mol. The Morgan fingerprint density at radius 1 is 1.47 bits per heavy atom. The quantitative estimate of drug-likeness (QED) is 0.638. The minimum Gasteiger partial charge on any atom is -0.379 e.